The van der Waals surface area contributed by atoms with Gasteiger partial charge < -0.3 is 10.0 Å². The number of piperazine rings is 1. The first-order chi connectivity index (χ1) is 6.63. The Bertz CT molecular complexity index is 227. The van der Waals surface area contributed by atoms with Gasteiger partial charge in [0.05, 0.1) is 6.10 Å². The van der Waals surface area contributed by atoms with E-state index in [0.717, 1.165) is 19.5 Å². The molecule has 14 heavy (non-hydrogen) atoms. The Morgan fingerprint density at radius 3 is 2.79 bits per heavy atom. The third-order valence-corrected chi connectivity index (χ3v) is 3.95. The highest BCUT2D eigenvalue weighted by Crippen LogP contribution is 2.31. The first-order valence-corrected chi connectivity index (χ1v) is 5.40. The number of hydrogen-bond donors (Lipinski definition) is 1. The van der Waals surface area contributed by atoms with Crippen LogP contribution in [-0.2, 0) is 0 Å². The Hall–Kier alpha value is -0.540. The van der Waals surface area contributed by atoms with Crippen molar-refractivity contribution in [2.24, 2.45) is 5.92 Å². The van der Waals surface area contributed by atoms with Crippen LogP contribution in [0.5, 0.6) is 0 Å². The van der Waals surface area contributed by atoms with Crippen molar-refractivity contribution in [2.45, 2.75) is 31.5 Å². The van der Waals surface area contributed by atoms with Crippen LogP contribution in [0.3, 0.4) is 0 Å². The van der Waals surface area contributed by atoms with E-state index in [0.29, 0.717) is 18.0 Å². The molecule has 3 heteroatoms. The Balaban J connectivity index is 2.16. The zero-order valence-electron chi connectivity index (χ0n) is 9.06. The second kappa shape index (κ2) is 3.55. The van der Waals surface area contributed by atoms with Crippen LogP contribution in [-0.4, -0.2) is 53.2 Å². The van der Waals surface area contributed by atoms with Crippen molar-refractivity contribution >= 4 is 0 Å². The third-order valence-electron chi connectivity index (χ3n) is 3.95. The minimum absolute atomic E-state index is 0.117. The van der Waals surface area contributed by atoms with E-state index in [1.54, 1.807) is 0 Å². The largest absolute Gasteiger partial charge is 0.393 e. The summed E-state index contributed by atoms with van der Waals surface area (Å²) in [5, 5.41) is 9.89. The average molecular weight is 196 g/mol. The molecule has 0 aromatic carbocycles. The van der Waals surface area contributed by atoms with Gasteiger partial charge in [0, 0.05) is 25.2 Å². The maximum absolute atomic E-state index is 9.89. The first kappa shape index (κ1) is 9.99. The van der Waals surface area contributed by atoms with E-state index < -0.39 is 0 Å². The second-order valence-corrected chi connectivity index (χ2v) is 4.69. The molecule has 2 aliphatic heterocycles. The molecule has 0 aliphatic carbocycles. The molecule has 0 saturated carbocycles. The third kappa shape index (κ3) is 1.44. The summed E-state index contributed by atoms with van der Waals surface area (Å²) in [6.07, 6.45) is 2.71. The summed E-state index contributed by atoms with van der Waals surface area (Å²) in [5.41, 5.74) is 0. The lowest BCUT2D eigenvalue weighted by molar-refractivity contribution is -0.0691. The van der Waals surface area contributed by atoms with Crippen LogP contribution in [0.2, 0.25) is 0 Å². The molecule has 0 spiro atoms. The number of nitrogens with zero attached hydrogens (tertiary/aromatic N) is 2. The van der Waals surface area contributed by atoms with Gasteiger partial charge in [-0.05, 0) is 25.6 Å². The van der Waals surface area contributed by atoms with Crippen molar-refractivity contribution in [2.75, 3.05) is 20.1 Å². The van der Waals surface area contributed by atoms with E-state index in [9.17, 15) is 5.11 Å². The number of aliphatic hydroxyl groups excluding tert-OH is 1. The van der Waals surface area contributed by atoms with Gasteiger partial charge in [-0.1, -0.05) is 13.5 Å². The van der Waals surface area contributed by atoms with Crippen LogP contribution < -0.4 is 0 Å². The van der Waals surface area contributed by atoms with Gasteiger partial charge in [-0.2, -0.15) is 0 Å². The lowest BCUT2D eigenvalue weighted by atomic mass is 9.82. The van der Waals surface area contributed by atoms with Crippen molar-refractivity contribution < 1.29 is 5.11 Å². The van der Waals surface area contributed by atoms with Gasteiger partial charge in [-0.3, -0.25) is 4.90 Å². The summed E-state index contributed by atoms with van der Waals surface area (Å²) < 4.78 is 0. The van der Waals surface area contributed by atoms with E-state index in [1.165, 1.54) is 0 Å². The van der Waals surface area contributed by atoms with Crippen molar-refractivity contribution in [3.05, 3.63) is 12.8 Å². The lowest BCUT2D eigenvalue weighted by Crippen LogP contribution is -2.63. The summed E-state index contributed by atoms with van der Waals surface area (Å²) in [4.78, 5) is 4.70. The first-order valence-electron chi connectivity index (χ1n) is 5.40. The maximum Gasteiger partial charge on any atom is 0.0596 e. The average Bonchev–Trinajstić information content (AvgIpc) is 2.17. The molecule has 0 radical (unpaired) electrons. The summed E-state index contributed by atoms with van der Waals surface area (Å²) in [7, 11) is 2.18. The molecule has 4 atom stereocenters. The fraction of sp³-hybridized carbons (Fsp3) is 0.818. The van der Waals surface area contributed by atoms with Gasteiger partial charge in [0.25, 0.3) is 0 Å². The smallest absolute Gasteiger partial charge is 0.0596 e. The van der Waals surface area contributed by atoms with E-state index in [1.807, 2.05) is 6.20 Å². The minimum atomic E-state index is -0.117. The Morgan fingerprint density at radius 2 is 2.14 bits per heavy atom. The summed E-state index contributed by atoms with van der Waals surface area (Å²) in [5.74, 6) is 0.374. The molecular weight excluding hydrogens is 176 g/mol. The molecule has 0 aromatic heterocycles. The zero-order chi connectivity index (χ0) is 10.3. The SMILES string of the molecule is C=CN1CC2CC(O)[C@@H](C)C(C1)N2C. The quantitative estimate of drug-likeness (QED) is 0.662. The molecule has 2 bridgehead atoms. The lowest BCUT2D eigenvalue weighted by Gasteiger charge is -2.52. The van der Waals surface area contributed by atoms with E-state index in [4.69, 9.17) is 0 Å². The number of likely N-dealkylation sites (N-methyl/N-ethyl adjacent to an activating group) is 1. The fourth-order valence-electron chi connectivity index (χ4n) is 2.79. The summed E-state index contributed by atoms with van der Waals surface area (Å²) in [6.45, 7) is 8.00. The molecule has 0 amide bonds. The van der Waals surface area contributed by atoms with Gasteiger partial charge in [-0.15, -0.1) is 0 Å². The summed E-state index contributed by atoms with van der Waals surface area (Å²) >= 11 is 0. The predicted molar refractivity (Wildman–Crippen MR) is 56.9 cm³/mol. The van der Waals surface area contributed by atoms with E-state index in [2.05, 4.69) is 30.4 Å². The molecule has 3 unspecified atom stereocenters. The highest BCUT2D eigenvalue weighted by Gasteiger charge is 2.42. The van der Waals surface area contributed by atoms with Crippen LogP contribution in [0.25, 0.3) is 0 Å². The number of piperidine rings is 1. The van der Waals surface area contributed by atoms with Crippen LogP contribution in [0, 0.1) is 5.92 Å². The predicted octanol–water partition coefficient (Wildman–Crippen LogP) is 0.515. The molecule has 0 aromatic rings. The van der Waals surface area contributed by atoms with E-state index in [-0.39, 0.29) is 6.10 Å². The number of rotatable bonds is 1. The summed E-state index contributed by atoms with van der Waals surface area (Å²) in [6, 6.07) is 0.980. The van der Waals surface area contributed by atoms with Gasteiger partial charge in [0.1, 0.15) is 0 Å². The van der Waals surface area contributed by atoms with Crippen molar-refractivity contribution in [3.63, 3.8) is 0 Å². The Morgan fingerprint density at radius 1 is 1.43 bits per heavy atom. The highest BCUT2D eigenvalue weighted by atomic mass is 16.3. The fourth-order valence-corrected chi connectivity index (χ4v) is 2.79. The molecular formula is C11H20N2O. The van der Waals surface area contributed by atoms with Crippen molar-refractivity contribution in [3.8, 4) is 0 Å². The van der Waals surface area contributed by atoms with Crippen LogP contribution in [0.1, 0.15) is 13.3 Å². The Kier molecular flexibility index (Phi) is 2.54. The molecule has 2 rings (SSSR count). The van der Waals surface area contributed by atoms with Gasteiger partial charge in [0.15, 0.2) is 0 Å². The van der Waals surface area contributed by atoms with Gasteiger partial charge >= 0.3 is 0 Å². The normalized spacial score (nSPS) is 43.8. The van der Waals surface area contributed by atoms with Crippen molar-refractivity contribution in [1.29, 1.82) is 0 Å². The second-order valence-electron chi connectivity index (χ2n) is 4.69. The van der Waals surface area contributed by atoms with Gasteiger partial charge in [0.2, 0.25) is 0 Å². The number of fused-ring (bicyclic) bond motifs is 2. The highest BCUT2D eigenvalue weighted by molar-refractivity contribution is 4.99. The standard InChI is InChI=1S/C11H20N2O/c1-4-13-6-9-5-11(14)8(2)10(7-13)12(9)3/h4,8-11,14H,1,5-7H2,2-3H3/t8-,9?,10?,11?/m0/s1. The molecule has 2 saturated heterocycles. The number of likely N-dealkylation sites (tertiary alicyclic amines) is 1. The van der Waals surface area contributed by atoms with Crippen molar-refractivity contribution in [1.82, 2.24) is 9.80 Å². The molecule has 80 valence electrons. The van der Waals surface area contributed by atoms with E-state index >= 15 is 0 Å². The molecule has 2 heterocycles. The van der Waals surface area contributed by atoms with Crippen LogP contribution in [0.15, 0.2) is 12.8 Å². The van der Waals surface area contributed by atoms with Gasteiger partial charge in [-0.25, -0.2) is 0 Å². The molecule has 1 N–H and O–H groups in total. The van der Waals surface area contributed by atoms with Crippen LogP contribution >= 0.6 is 0 Å². The Labute approximate surface area is 86.0 Å². The van der Waals surface area contributed by atoms with Crippen LogP contribution in [0.4, 0.5) is 0 Å². The molecule has 2 aliphatic rings. The minimum Gasteiger partial charge on any atom is -0.393 e. The zero-order valence-corrected chi connectivity index (χ0v) is 9.06. The topological polar surface area (TPSA) is 26.7 Å². The monoisotopic (exact) mass is 196 g/mol. The molecule has 2 fully saturated rings. The number of hydrogen-bond acceptors (Lipinski definition) is 3. The number of aliphatic hydroxyl groups is 1. The molecule has 3 nitrogen and oxygen atoms in total. The maximum atomic E-state index is 9.89.